The van der Waals surface area contributed by atoms with E-state index in [9.17, 15) is 22.8 Å². The highest BCUT2D eigenvalue weighted by Gasteiger charge is 2.30. The number of carbonyl (C=O) groups excluding carboxylic acids is 1. The standard InChI is InChI=1S/C16H14F3NO3/c1-20-7-12(15(22)13(8-20)14(21)9-23-2)10-4-3-5-11(6-10)16(17,18)19/h3-8H,9H2,1-2H3. The Morgan fingerprint density at radius 1 is 1.26 bits per heavy atom. The van der Waals surface area contributed by atoms with Crippen LogP contribution in [0.5, 0.6) is 0 Å². The van der Waals surface area contributed by atoms with Crippen molar-refractivity contribution in [3.05, 3.63) is 58.0 Å². The van der Waals surface area contributed by atoms with Gasteiger partial charge in [-0.25, -0.2) is 0 Å². The number of aryl methyl sites for hydroxylation is 1. The Bertz CT molecular complexity index is 794. The molecule has 0 unspecified atom stereocenters. The molecule has 2 rings (SSSR count). The molecule has 0 aliphatic heterocycles. The zero-order valence-corrected chi connectivity index (χ0v) is 12.5. The lowest BCUT2D eigenvalue weighted by molar-refractivity contribution is -0.137. The fourth-order valence-electron chi connectivity index (χ4n) is 2.18. The van der Waals surface area contributed by atoms with Crippen LogP contribution in [0.4, 0.5) is 13.2 Å². The normalized spacial score (nSPS) is 11.5. The number of carbonyl (C=O) groups is 1. The Morgan fingerprint density at radius 3 is 2.57 bits per heavy atom. The number of ether oxygens (including phenoxy) is 1. The molecule has 122 valence electrons. The molecule has 0 spiro atoms. The van der Waals surface area contributed by atoms with Gasteiger partial charge in [-0.2, -0.15) is 13.2 Å². The molecule has 7 heteroatoms. The molecule has 0 radical (unpaired) electrons. The van der Waals surface area contributed by atoms with Crippen LogP contribution >= 0.6 is 0 Å². The SMILES string of the molecule is COCC(=O)c1cn(C)cc(-c2cccc(C(F)(F)F)c2)c1=O. The van der Waals surface area contributed by atoms with Gasteiger partial charge in [0.1, 0.15) is 6.61 Å². The van der Waals surface area contributed by atoms with Gasteiger partial charge in [0.25, 0.3) is 0 Å². The third-order valence-electron chi connectivity index (χ3n) is 3.23. The summed E-state index contributed by atoms with van der Waals surface area (Å²) in [5.74, 6) is -0.526. The Hall–Kier alpha value is -2.41. The minimum absolute atomic E-state index is 0.0283. The minimum atomic E-state index is -4.51. The summed E-state index contributed by atoms with van der Waals surface area (Å²) in [6, 6.07) is 4.44. The second-order valence-electron chi connectivity index (χ2n) is 5.01. The number of Topliss-reactive ketones (excluding diaryl/α,β-unsaturated/α-hetero) is 1. The van der Waals surface area contributed by atoms with E-state index in [0.29, 0.717) is 0 Å². The average molecular weight is 325 g/mol. The van der Waals surface area contributed by atoms with Gasteiger partial charge < -0.3 is 9.30 Å². The van der Waals surface area contributed by atoms with E-state index < -0.39 is 23.0 Å². The maximum Gasteiger partial charge on any atom is 0.416 e. The zero-order valence-electron chi connectivity index (χ0n) is 12.5. The van der Waals surface area contributed by atoms with Gasteiger partial charge in [-0.05, 0) is 17.7 Å². The summed E-state index contributed by atoms with van der Waals surface area (Å²) in [5.41, 5.74) is -1.47. The van der Waals surface area contributed by atoms with Crippen molar-refractivity contribution < 1.29 is 22.7 Å². The number of nitrogens with zero attached hydrogens (tertiary/aromatic N) is 1. The molecule has 2 aromatic rings. The van der Waals surface area contributed by atoms with E-state index in [2.05, 4.69) is 0 Å². The van der Waals surface area contributed by atoms with Gasteiger partial charge in [0.15, 0.2) is 11.2 Å². The van der Waals surface area contributed by atoms with Crippen LogP contribution in [-0.4, -0.2) is 24.1 Å². The number of aromatic nitrogens is 1. The van der Waals surface area contributed by atoms with Crippen LogP contribution in [0.2, 0.25) is 0 Å². The van der Waals surface area contributed by atoms with Crippen LogP contribution < -0.4 is 5.43 Å². The van der Waals surface area contributed by atoms with Gasteiger partial charge in [0, 0.05) is 32.1 Å². The highest BCUT2D eigenvalue weighted by molar-refractivity contribution is 5.97. The van der Waals surface area contributed by atoms with Crippen LogP contribution in [0.1, 0.15) is 15.9 Å². The second kappa shape index (κ2) is 6.37. The van der Waals surface area contributed by atoms with Gasteiger partial charge in [-0.3, -0.25) is 9.59 Å². The summed E-state index contributed by atoms with van der Waals surface area (Å²) in [7, 11) is 2.90. The summed E-state index contributed by atoms with van der Waals surface area (Å²) < 4.78 is 44.6. The third-order valence-corrected chi connectivity index (χ3v) is 3.23. The molecule has 4 nitrogen and oxygen atoms in total. The first-order valence-electron chi connectivity index (χ1n) is 6.64. The number of pyridine rings is 1. The number of hydrogen-bond donors (Lipinski definition) is 0. The lowest BCUT2D eigenvalue weighted by atomic mass is 10.0. The smallest absolute Gasteiger partial charge is 0.377 e. The summed E-state index contributed by atoms with van der Waals surface area (Å²) in [6.07, 6.45) is -1.78. The van der Waals surface area contributed by atoms with E-state index in [1.807, 2.05) is 0 Å². The lowest BCUT2D eigenvalue weighted by Crippen LogP contribution is -2.22. The summed E-state index contributed by atoms with van der Waals surface area (Å²) in [6.45, 7) is -0.277. The Kier molecular flexibility index (Phi) is 4.70. The molecule has 1 aromatic carbocycles. The molecule has 1 aromatic heterocycles. The maximum atomic E-state index is 12.8. The zero-order chi connectivity index (χ0) is 17.2. The highest BCUT2D eigenvalue weighted by atomic mass is 19.4. The first-order valence-corrected chi connectivity index (χ1v) is 6.64. The number of hydrogen-bond acceptors (Lipinski definition) is 3. The number of ketones is 1. The molecule has 1 heterocycles. The number of benzene rings is 1. The largest absolute Gasteiger partial charge is 0.416 e. The Labute approximate surface area is 130 Å². The van der Waals surface area contributed by atoms with E-state index in [4.69, 9.17) is 4.74 Å². The highest BCUT2D eigenvalue weighted by Crippen LogP contribution is 2.31. The van der Waals surface area contributed by atoms with E-state index in [1.165, 1.54) is 36.2 Å². The molecule has 0 aliphatic rings. The number of methoxy groups -OCH3 is 1. The van der Waals surface area contributed by atoms with Crippen molar-refractivity contribution in [1.29, 1.82) is 0 Å². The first-order chi connectivity index (χ1) is 10.7. The fraction of sp³-hybridized carbons (Fsp3) is 0.250. The molecule has 0 atom stereocenters. The van der Waals surface area contributed by atoms with Crippen LogP contribution in [-0.2, 0) is 18.0 Å². The van der Waals surface area contributed by atoms with Gasteiger partial charge in [0.2, 0.25) is 0 Å². The van der Waals surface area contributed by atoms with Crippen molar-refractivity contribution in [2.24, 2.45) is 7.05 Å². The van der Waals surface area contributed by atoms with Gasteiger partial charge >= 0.3 is 6.18 Å². The van der Waals surface area contributed by atoms with E-state index in [0.717, 1.165) is 12.1 Å². The maximum absolute atomic E-state index is 12.8. The number of rotatable bonds is 4. The lowest BCUT2D eigenvalue weighted by Gasteiger charge is -2.11. The fourth-order valence-corrected chi connectivity index (χ4v) is 2.18. The van der Waals surface area contributed by atoms with Crippen LogP contribution in [0.25, 0.3) is 11.1 Å². The van der Waals surface area contributed by atoms with Crippen molar-refractivity contribution in [2.75, 3.05) is 13.7 Å². The molecule has 0 N–H and O–H groups in total. The van der Waals surface area contributed by atoms with Crippen LogP contribution in [0.3, 0.4) is 0 Å². The van der Waals surface area contributed by atoms with Crippen LogP contribution in [0.15, 0.2) is 41.5 Å². The quantitative estimate of drug-likeness (QED) is 0.812. The van der Waals surface area contributed by atoms with E-state index in [1.54, 1.807) is 7.05 Å². The molecule has 23 heavy (non-hydrogen) atoms. The third kappa shape index (κ3) is 3.68. The van der Waals surface area contributed by atoms with Gasteiger partial charge in [0.05, 0.1) is 11.1 Å². The van der Waals surface area contributed by atoms with Crippen molar-refractivity contribution in [3.8, 4) is 11.1 Å². The Morgan fingerprint density at radius 2 is 1.96 bits per heavy atom. The topological polar surface area (TPSA) is 48.3 Å². The van der Waals surface area contributed by atoms with Crippen molar-refractivity contribution in [2.45, 2.75) is 6.18 Å². The first kappa shape index (κ1) is 17.0. The molecule has 0 saturated heterocycles. The predicted octanol–water partition coefficient (Wildman–Crippen LogP) is 2.90. The summed E-state index contributed by atoms with van der Waals surface area (Å²) >= 11 is 0. The summed E-state index contributed by atoms with van der Waals surface area (Å²) in [5, 5.41) is 0. The number of halogens is 3. The molecule has 0 fully saturated rings. The van der Waals surface area contributed by atoms with E-state index >= 15 is 0 Å². The van der Waals surface area contributed by atoms with Crippen molar-refractivity contribution in [3.63, 3.8) is 0 Å². The second-order valence-corrected chi connectivity index (χ2v) is 5.01. The van der Waals surface area contributed by atoms with Crippen molar-refractivity contribution >= 4 is 5.78 Å². The molecule has 0 amide bonds. The monoisotopic (exact) mass is 325 g/mol. The molecule has 0 aliphatic carbocycles. The molecule has 0 saturated carbocycles. The summed E-state index contributed by atoms with van der Waals surface area (Å²) in [4.78, 5) is 24.3. The predicted molar refractivity (Wildman–Crippen MR) is 78.3 cm³/mol. The number of alkyl halides is 3. The minimum Gasteiger partial charge on any atom is -0.377 e. The van der Waals surface area contributed by atoms with Gasteiger partial charge in [-0.15, -0.1) is 0 Å². The van der Waals surface area contributed by atoms with Crippen LogP contribution in [0, 0.1) is 0 Å². The van der Waals surface area contributed by atoms with Crippen molar-refractivity contribution in [1.82, 2.24) is 4.57 Å². The average Bonchev–Trinajstić information content (AvgIpc) is 2.48. The molecule has 0 bridgehead atoms. The van der Waals surface area contributed by atoms with Gasteiger partial charge in [-0.1, -0.05) is 12.1 Å². The van der Waals surface area contributed by atoms with E-state index in [-0.39, 0.29) is 23.3 Å². The Balaban J connectivity index is 2.61. The molecular formula is C16H14F3NO3. The molecular weight excluding hydrogens is 311 g/mol.